The van der Waals surface area contributed by atoms with Crippen molar-refractivity contribution in [1.82, 2.24) is 9.21 Å². The molecule has 8 heteroatoms. The van der Waals surface area contributed by atoms with E-state index in [4.69, 9.17) is 0 Å². The van der Waals surface area contributed by atoms with Gasteiger partial charge in [0.05, 0.1) is 6.54 Å². The maximum absolute atomic E-state index is 13.3. The third kappa shape index (κ3) is 3.98. The Morgan fingerprint density at radius 1 is 1.13 bits per heavy atom. The summed E-state index contributed by atoms with van der Waals surface area (Å²) in [7, 11) is -3.77. The number of thiophene rings is 1. The molecular weight excluding hydrogens is 420 g/mol. The molecule has 0 radical (unpaired) electrons. The highest BCUT2D eigenvalue weighted by molar-refractivity contribution is 7.89. The average molecular weight is 443 g/mol. The van der Waals surface area contributed by atoms with E-state index in [1.165, 1.54) is 21.7 Å². The van der Waals surface area contributed by atoms with Gasteiger partial charge in [0, 0.05) is 29.2 Å². The summed E-state index contributed by atoms with van der Waals surface area (Å²) in [4.78, 5) is 15.0. The molecule has 6 nitrogen and oxygen atoms in total. The summed E-state index contributed by atoms with van der Waals surface area (Å²) in [5, 5.41) is 9.71. The lowest BCUT2D eigenvalue weighted by atomic mass is 10.2. The number of sulfonamides is 1. The van der Waals surface area contributed by atoms with E-state index >= 15 is 0 Å². The van der Waals surface area contributed by atoms with Crippen LogP contribution in [0.2, 0.25) is 0 Å². The first-order valence-electron chi connectivity index (χ1n) is 9.54. The minimum atomic E-state index is -3.77. The third-order valence-corrected chi connectivity index (χ3v) is 8.66. The standard InChI is InChI=1S/C22H22N2O4S2/c1-2-21(20-13-17-7-3-4-9-19(17)29-20)30(27,28)24-11-10-23(22(26)15-24)14-16-6-5-8-18(25)12-16/h2-9,12-13,21,25H,1,10-11,14-15H2. The van der Waals surface area contributed by atoms with E-state index in [0.717, 1.165) is 15.6 Å². The summed E-state index contributed by atoms with van der Waals surface area (Å²) in [6, 6.07) is 16.3. The average Bonchev–Trinajstić information content (AvgIpc) is 3.13. The molecule has 0 saturated carbocycles. The molecule has 0 bridgehead atoms. The molecule has 1 aliphatic heterocycles. The highest BCUT2D eigenvalue weighted by Crippen LogP contribution is 2.36. The Hall–Kier alpha value is -2.68. The van der Waals surface area contributed by atoms with Crippen molar-refractivity contribution in [1.29, 1.82) is 0 Å². The van der Waals surface area contributed by atoms with E-state index in [2.05, 4.69) is 6.58 Å². The second-order valence-corrected chi connectivity index (χ2v) is 10.4. The predicted molar refractivity (Wildman–Crippen MR) is 119 cm³/mol. The molecule has 156 valence electrons. The Balaban J connectivity index is 1.51. The number of aromatic hydroxyl groups is 1. The van der Waals surface area contributed by atoms with E-state index in [1.807, 2.05) is 36.4 Å². The van der Waals surface area contributed by atoms with Gasteiger partial charge in [0.2, 0.25) is 15.9 Å². The van der Waals surface area contributed by atoms with Crippen molar-refractivity contribution in [3.63, 3.8) is 0 Å². The molecule has 1 atom stereocenters. The summed E-state index contributed by atoms with van der Waals surface area (Å²) < 4.78 is 28.9. The topological polar surface area (TPSA) is 77.9 Å². The van der Waals surface area contributed by atoms with Crippen LogP contribution >= 0.6 is 11.3 Å². The van der Waals surface area contributed by atoms with Crippen LogP contribution in [0.25, 0.3) is 10.1 Å². The zero-order chi connectivity index (χ0) is 21.3. The largest absolute Gasteiger partial charge is 0.508 e. The number of hydrogen-bond donors (Lipinski definition) is 1. The van der Waals surface area contributed by atoms with Gasteiger partial charge in [0.15, 0.2) is 0 Å². The van der Waals surface area contributed by atoms with Gasteiger partial charge in [-0.2, -0.15) is 4.31 Å². The molecule has 4 rings (SSSR count). The van der Waals surface area contributed by atoms with Crippen LogP contribution in [0.5, 0.6) is 5.75 Å². The van der Waals surface area contributed by atoms with Gasteiger partial charge in [-0.05, 0) is 35.2 Å². The first-order chi connectivity index (χ1) is 14.4. The smallest absolute Gasteiger partial charge is 0.238 e. The van der Waals surface area contributed by atoms with Crippen molar-refractivity contribution in [3.05, 3.63) is 77.7 Å². The molecule has 1 aliphatic rings. The number of hydrogen-bond acceptors (Lipinski definition) is 5. The molecule has 1 amide bonds. The number of nitrogens with zero attached hydrogens (tertiary/aromatic N) is 2. The predicted octanol–water partition coefficient (Wildman–Crippen LogP) is 3.51. The second-order valence-electron chi connectivity index (χ2n) is 7.21. The lowest BCUT2D eigenvalue weighted by Gasteiger charge is -2.35. The Labute approximate surface area is 179 Å². The Morgan fingerprint density at radius 3 is 2.63 bits per heavy atom. The van der Waals surface area contributed by atoms with Gasteiger partial charge >= 0.3 is 0 Å². The van der Waals surface area contributed by atoms with E-state index in [0.29, 0.717) is 18.0 Å². The van der Waals surface area contributed by atoms with Crippen LogP contribution in [0.4, 0.5) is 0 Å². The minimum absolute atomic E-state index is 0.137. The maximum Gasteiger partial charge on any atom is 0.238 e. The lowest BCUT2D eigenvalue weighted by molar-refractivity contribution is -0.134. The highest BCUT2D eigenvalue weighted by atomic mass is 32.2. The monoisotopic (exact) mass is 442 g/mol. The van der Waals surface area contributed by atoms with Crippen molar-refractivity contribution in [2.45, 2.75) is 11.8 Å². The van der Waals surface area contributed by atoms with Crippen molar-refractivity contribution in [2.24, 2.45) is 0 Å². The third-order valence-electron chi connectivity index (χ3n) is 5.19. The summed E-state index contributed by atoms with van der Waals surface area (Å²) >= 11 is 1.43. The molecule has 1 saturated heterocycles. The number of piperazine rings is 1. The van der Waals surface area contributed by atoms with Crippen LogP contribution in [0.1, 0.15) is 15.7 Å². The van der Waals surface area contributed by atoms with Crippen LogP contribution in [0.3, 0.4) is 0 Å². The number of fused-ring (bicyclic) bond motifs is 1. The van der Waals surface area contributed by atoms with Crippen LogP contribution in [-0.2, 0) is 21.4 Å². The summed E-state index contributed by atoms with van der Waals surface area (Å²) in [6.07, 6.45) is 1.43. The fourth-order valence-corrected chi connectivity index (χ4v) is 6.74. The fraction of sp³-hybridized carbons (Fsp3) is 0.227. The van der Waals surface area contributed by atoms with Crippen LogP contribution in [0, 0.1) is 0 Å². The van der Waals surface area contributed by atoms with Crippen molar-refractivity contribution in [3.8, 4) is 5.75 Å². The van der Waals surface area contributed by atoms with Gasteiger partial charge in [-0.25, -0.2) is 8.42 Å². The van der Waals surface area contributed by atoms with Crippen LogP contribution < -0.4 is 0 Å². The molecule has 2 aromatic carbocycles. The molecule has 3 aromatic rings. The molecule has 1 N–H and O–H groups in total. The van der Waals surface area contributed by atoms with Crippen molar-refractivity contribution in [2.75, 3.05) is 19.6 Å². The number of amides is 1. The normalized spacial score (nSPS) is 16.7. The summed E-state index contributed by atoms with van der Waals surface area (Å²) in [5.74, 6) is -0.120. The van der Waals surface area contributed by atoms with E-state index < -0.39 is 15.3 Å². The number of rotatable bonds is 6. The van der Waals surface area contributed by atoms with Gasteiger partial charge in [0.25, 0.3) is 0 Å². The molecule has 0 aliphatic carbocycles. The molecule has 30 heavy (non-hydrogen) atoms. The van der Waals surface area contributed by atoms with E-state index in [1.54, 1.807) is 23.1 Å². The molecule has 1 unspecified atom stereocenters. The number of phenolic OH excluding ortho intramolecular Hbond substituents is 1. The minimum Gasteiger partial charge on any atom is -0.508 e. The molecule has 1 aromatic heterocycles. The molecule has 1 fully saturated rings. The zero-order valence-electron chi connectivity index (χ0n) is 16.3. The van der Waals surface area contributed by atoms with Crippen LogP contribution in [-0.4, -0.2) is 48.3 Å². The van der Waals surface area contributed by atoms with Gasteiger partial charge in [-0.3, -0.25) is 4.79 Å². The molecular formula is C22H22N2O4S2. The summed E-state index contributed by atoms with van der Waals surface area (Å²) in [6.45, 7) is 4.41. The van der Waals surface area contributed by atoms with Gasteiger partial charge < -0.3 is 10.0 Å². The quantitative estimate of drug-likeness (QED) is 0.593. The Bertz CT molecular complexity index is 1170. The van der Waals surface area contributed by atoms with Gasteiger partial charge in [-0.15, -0.1) is 17.9 Å². The SMILES string of the molecule is C=CC(c1cc2ccccc2s1)S(=O)(=O)N1CCN(Cc2cccc(O)c2)C(=O)C1. The van der Waals surface area contributed by atoms with Gasteiger partial charge in [-0.1, -0.05) is 36.4 Å². The number of phenols is 1. The van der Waals surface area contributed by atoms with Gasteiger partial charge in [0.1, 0.15) is 11.0 Å². The highest BCUT2D eigenvalue weighted by Gasteiger charge is 2.37. The number of benzene rings is 2. The Kier molecular flexibility index (Phi) is 5.64. The molecule has 0 spiro atoms. The first-order valence-corrected chi connectivity index (χ1v) is 11.9. The van der Waals surface area contributed by atoms with E-state index in [9.17, 15) is 18.3 Å². The zero-order valence-corrected chi connectivity index (χ0v) is 17.9. The van der Waals surface area contributed by atoms with Crippen molar-refractivity contribution < 1.29 is 18.3 Å². The van der Waals surface area contributed by atoms with Crippen LogP contribution in [0.15, 0.2) is 67.3 Å². The maximum atomic E-state index is 13.3. The number of carbonyl (C=O) groups excluding carboxylic acids is 1. The Morgan fingerprint density at radius 2 is 1.93 bits per heavy atom. The second kappa shape index (κ2) is 8.22. The fourth-order valence-electron chi connectivity index (χ4n) is 3.63. The number of carbonyl (C=O) groups is 1. The van der Waals surface area contributed by atoms with E-state index in [-0.39, 0.29) is 24.7 Å². The van der Waals surface area contributed by atoms with Crippen molar-refractivity contribution >= 4 is 37.4 Å². The molecule has 2 heterocycles. The first kappa shape index (κ1) is 20.6. The lowest BCUT2D eigenvalue weighted by Crippen LogP contribution is -2.52. The summed E-state index contributed by atoms with van der Waals surface area (Å²) in [5.41, 5.74) is 0.800.